The Morgan fingerprint density at radius 1 is 0.533 bits per heavy atom. The summed E-state index contributed by atoms with van der Waals surface area (Å²) in [6.07, 6.45) is 23.5. The summed E-state index contributed by atoms with van der Waals surface area (Å²) in [5.41, 5.74) is 6.26. The van der Waals surface area contributed by atoms with Crippen molar-refractivity contribution in [3.63, 3.8) is 0 Å². The van der Waals surface area contributed by atoms with Gasteiger partial charge in [0, 0.05) is 0 Å². The van der Waals surface area contributed by atoms with Crippen LogP contribution in [0.25, 0.3) is 21.5 Å². The van der Waals surface area contributed by atoms with Crippen LogP contribution in [0.15, 0.2) is 96.1 Å². The summed E-state index contributed by atoms with van der Waals surface area (Å²) in [5.74, 6) is 0. The Hall–Kier alpha value is -2.86. The molecule has 0 heteroatoms. The normalized spacial score (nSPS) is 17.7. The number of benzene rings is 3. The minimum absolute atomic E-state index is 1.22. The second-order valence-electron chi connectivity index (χ2n) is 8.61. The number of aryl methyl sites for hydroxylation is 2. The van der Waals surface area contributed by atoms with Gasteiger partial charge in [-0.25, -0.2) is 0 Å². The van der Waals surface area contributed by atoms with E-state index in [0.717, 1.165) is 0 Å². The summed E-state index contributed by atoms with van der Waals surface area (Å²) < 4.78 is 0. The van der Waals surface area contributed by atoms with Crippen molar-refractivity contribution in [2.75, 3.05) is 0 Å². The molecule has 0 radical (unpaired) electrons. The number of rotatable bonds is 1. The van der Waals surface area contributed by atoms with Crippen molar-refractivity contribution in [2.24, 2.45) is 0 Å². The fourth-order valence-corrected chi connectivity index (χ4v) is 5.08. The molecule has 0 unspecified atom stereocenters. The summed E-state index contributed by atoms with van der Waals surface area (Å²) in [6.45, 7) is 0. The lowest BCUT2D eigenvalue weighted by molar-refractivity contribution is 0.690. The third-order valence-electron chi connectivity index (χ3n) is 6.70. The Morgan fingerprint density at radius 3 is 1.97 bits per heavy atom. The smallest absolute Gasteiger partial charge is 0.0102 e. The van der Waals surface area contributed by atoms with Crippen LogP contribution in [0.2, 0.25) is 0 Å². The predicted molar refractivity (Wildman–Crippen MR) is 131 cm³/mol. The maximum Gasteiger partial charge on any atom is -0.0102 e. The van der Waals surface area contributed by atoms with E-state index in [2.05, 4.69) is 85.0 Å². The molecular formula is C30H30. The molecule has 0 saturated heterocycles. The molecule has 30 heavy (non-hydrogen) atoms. The van der Waals surface area contributed by atoms with Crippen molar-refractivity contribution in [3.05, 3.63) is 107 Å². The first-order valence-electron chi connectivity index (χ1n) is 11.5. The van der Waals surface area contributed by atoms with Crippen molar-refractivity contribution in [2.45, 2.75) is 51.4 Å². The van der Waals surface area contributed by atoms with Gasteiger partial charge in [-0.05, 0) is 95.2 Å². The van der Waals surface area contributed by atoms with Gasteiger partial charge in [0.1, 0.15) is 0 Å². The molecule has 0 spiro atoms. The van der Waals surface area contributed by atoms with E-state index in [0.29, 0.717) is 0 Å². The summed E-state index contributed by atoms with van der Waals surface area (Å²) in [4.78, 5) is 0. The van der Waals surface area contributed by atoms with Crippen molar-refractivity contribution in [1.82, 2.24) is 0 Å². The number of hydrogen-bond acceptors (Lipinski definition) is 0. The third kappa shape index (κ3) is 3.92. The molecule has 0 atom stereocenters. The SMILES string of the molecule is C1=CCCC(C2=CC=CCC2)=C1.c1ccc2c(c1)ccc1c3c(ccc12)CCCC3. The molecule has 3 aliphatic carbocycles. The first-order chi connectivity index (χ1) is 14.9. The monoisotopic (exact) mass is 390 g/mol. The second kappa shape index (κ2) is 8.88. The van der Waals surface area contributed by atoms with E-state index in [9.17, 15) is 0 Å². The molecule has 0 nitrogen and oxygen atoms in total. The van der Waals surface area contributed by atoms with Crippen molar-refractivity contribution < 1.29 is 0 Å². The first kappa shape index (κ1) is 19.1. The van der Waals surface area contributed by atoms with Gasteiger partial charge in [0.15, 0.2) is 0 Å². The van der Waals surface area contributed by atoms with E-state index >= 15 is 0 Å². The highest BCUT2D eigenvalue weighted by molar-refractivity contribution is 6.08. The Labute approximate surface area is 180 Å². The van der Waals surface area contributed by atoms with E-state index in [1.54, 1.807) is 22.3 Å². The molecule has 0 saturated carbocycles. The molecule has 0 amide bonds. The molecule has 150 valence electrons. The highest BCUT2D eigenvalue weighted by Crippen LogP contribution is 2.33. The van der Waals surface area contributed by atoms with Gasteiger partial charge in [-0.2, -0.15) is 0 Å². The van der Waals surface area contributed by atoms with Crippen LogP contribution in [-0.4, -0.2) is 0 Å². The number of hydrogen-bond donors (Lipinski definition) is 0. The van der Waals surface area contributed by atoms with Crippen molar-refractivity contribution in [3.8, 4) is 0 Å². The fourth-order valence-electron chi connectivity index (χ4n) is 5.08. The van der Waals surface area contributed by atoms with E-state index in [-0.39, 0.29) is 0 Å². The Balaban J connectivity index is 0.000000140. The van der Waals surface area contributed by atoms with E-state index in [4.69, 9.17) is 0 Å². The van der Waals surface area contributed by atoms with Gasteiger partial charge in [-0.15, -0.1) is 0 Å². The van der Waals surface area contributed by atoms with E-state index in [1.807, 2.05) is 0 Å². The van der Waals surface area contributed by atoms with E-state index in [1.165, 1.54) is 72.9 Å². The standard InChI is InChI=1S/C18H16.C12H14/c1-3-7-15-13(5-1)9-11-18-16-8-4-2-6-14(16)10-12-17(15)18;1-3-7-11(8-4-1)12-9-5-2-6-10-12/h1,3,5,7,9-12H,2,4,6,8H2;1-3,5,7,9H,4,6,8,10H2. The zero-order valence-corrected chi connectivity index (χ0v) is 17.7. The Morgan fingerprint density at radius 2 is 1.23 bits per heavy atom. The molecule has 0 aromatic heterocycles. The number of allylic oxidation sites excluding steroid dienone is 8. The van der Waals surface area contributed by atoms with Crippen LogP contribution in [0.5, 0.6) is 0 Å². The molecule has 6 rings (SSSR count). The topological polar surface area (TPSA) is 0 Å². The van der Waals surface area contributed by atoms with Gasteiger partial charge in [-0.1, -0.05) is 85.0 Å². The van der Waals surface area contributed by atoms with E-state index < -0.39 is 0 Å². The Bertz CT molecular complexity index is 1150. The van der Waals surface area contributed by atoms with Gasteiger partial charge < -0.3 is 0 Å². The van der Waals surface area contributed by atoms with Crippen LogP contribution in [0.1, 0.15) is 49.7 Å². The van der Waals surface area contributed by atoms with Gasteiger partial charge in [0.25, 0.3) is 0 Å². The molecule has 0 N–H and O–H groups in total. The molecule has 3 aromatic carbocycles. The molecule has 3 aromatic rings. The van der Waals surface area contributed by atoms with Gasteiger partial charge in [0.2, 0.25) is 0 Å². The molecular weight excluding hydrogens is 360 g/mol. The molecule has 0 fully saturated rings. The molecule has 0 heterocycles. The second-order valence-corrected chi connectivity index (χ2v) is 8.61. The summed E-state index contributed by atoms with van der Waals surface area (Å²) in [6, 6.07) is 18.0. The predicted octanol–water partition coefficient (Wildman–Crippen LogP) is 8.41. The molecule has 3 aliphatic rings. The van der Waals surface area contributed by atoms with Crippen molar-refractivity contribution >= 4 is 21.5 Å². The minimum Gasteiger partial charge on any atom is -0.0842 e. The largest absolute Gasteiger partial charge is 0.0842 e. The summed E-state index contributed by atoms with van der Waals surface area (Å²) in [5, 5.41) is 5.64. The first-order valence-corrected chi connectivity index (χ1v) is 11.5. The lowest BCUT2D eigenvalue weighted by Gasteiger charge is -2.18. The van der Waals surface area contributed by atoms with Crippen LogP contribution in [0.4, 0.5) is 0 Å². The van der Waals surface area contributed by atoms with Gasteiger partial charge in [0.05, 0.1) is 0 Å². The average molecular weight is 391 g/mol. The maximum absolute atomic E-state index is 2.35. The highest BCUT2D eigenvalue weighted by atomic mass is 14.2. The summed E-state index contributed by atoms with van der Waals surface area (Å²) in [7, 11) is 0. The van der Waals surface area contributed by atoms with Crippen LogP contribution >= 0.6 is 0 Å². The quantitative estimate of drug-likeness (QED) is 0.366. The molecule has 0 aliphatic heterocycles. The average Bonchev–Trinajstić information content (AvgIpc) is 2.85. The molecule has 0 bridgehead atoms. The van der Waals surface area contributed by atoms with Crippen LogP contribution in [-0.2, 0) is 12.8 Å². The lowest BCUT2D eigenvalue weighted by atomic mass is 9.86. The fraction of sp³-hybridized carbons (Fsp3) is 0.267. The number of fused-ring (bicyclic) bond motifs is 5. The summed E-state index contributed by atoms with van der Waals surface area (Å²) >= 11 is 0. The van der Waals surface area contributed by atoms with Crippen LogP contribution in [0, 0.1) is 0 Å². The van der Waals surface area contributed by atoms with Crippen LogP contribution < -0.4 is 0 Å². The van der Waals surface area contributed by atoms with Crippen LogP contribution in [0.3, 0.4) is 0 Å². The third-order valence-corrected chi connectivity index (χ3v) is 6.70. The van der Waals surface area contributed by atoms with Crippen molar-refractivity contribution in [1.29, 1.82) is 0 Å². The highest BCUT2D eigenvalue weighted by Gasteiger charge is 2.13. The Kier molecular flexibility index (Phi) is 5.66. The zero-order chi connectivity index (χ0) is 20.2. The minimum atomic E-state index is 1.22. The van der Waals surface area contributed by atoms with Gasteiger partial charge in [-0.3, -0.25) is 0 Å². The maximum atomic E-state index is 2.35. The zero-order valence-electron chi connectivity index (χ0n) is 17.7. The van der Waals surface area contributed by atoms with Gasteiger partial charge >= 0.3 is 0 Å². The lowest BCUT2D eigenvalue weighted by Crippen LogP contribution is -2.02.